The first kappa shape index (κ1) is 24.5. The number of piperidine rings is 1. The average Bonchev–Trinajstić information content (AvgIpc) is 3.34. The number of likely N-dealkylation sites (tertiary alicyclic amines) is 1. The van der Waals surface area contributed by atoms with E-state index in [-0.39, 0.29) is 11.8 Å². The van der Waals surface area contributed by atoms with Gasteiger partial charge in [0.05, 0.1) is 11.0 Å². The molecule has 1 N–H and O–H groups in total. The second kappa shape index (κ2) is 10.1. The van der Waals surface area contributed by atoms with Crippen LogP contribution in [0.25, 0.3) is 22.1 Å². The third-order valence-corrected chi connectivity index (χ3v) is 7.15. The number of pyridine rings is 1. The molecular formula is C29H28N8O2. The molecule has 1 aliphatic heterocycles. The Morgan fingerprint density at radius 3 is 2.72 bits per heavy atom. The first-order valence-electron chi connectivity index (χ1n) is 12.9. The SMILES string of the molecule is C=CC(=O)N1CCC(c2ccc3ncnc(Nc4ccc(Oc5ccc6c(c5)nnn6C)c(C)c4)c3n2)CC1. The monoisotopic (exact) mass is 520 g/mol. The van der Waals surface area contributed by atoms with Gasteiger partial charge in [0.2, 0.25) is 5.91 Å². The maximum absolute atomic E-state index is 11.9. The van der Waals surface area contributed by atoms with Gasteiger partial charge in [-0.2, -0.15) is 0 Å². The van der Waals surface area contributed by atoms with Gasteiger partial charge in [0.1, 0.15) is 28.9 Å². The van der Waals surface area contributed by atoms with Crippen LogP contribution in [0.2, 0.25) is 0 Å². The number of aryl methyl sites for hydroxylation is 2. The van der Waals surface area contributed by atoms with Gasteiger partial charge < -0.3 is 15.0 Å². The zero-order chi connectivity index (χ0) is 26.9. The molecule has 5 aromatic rings. The Bertz CT molecular complexity index is 1710. The standard InChI is InChI=1S/C29H28N8O2/c1-4-27(38)37-13-11-19(12-14-37)22-7-8-23-28(33-22)29(31-17-30-23)32-20-5-10-26(18(2)15-20)39-21-6-9-25-24(16-21)34-35-36(25)3/h4-10,15-17,19H,1,11-14H2,2-3H3,(H,30,31,32). The third kappa shape index (κ3) is 4.88. The number of benzene rings is 2. The highest BCUT2D eigenvalue weighted by Gasteiger charge is 2.24. The fourth-order valence-electron chi connectivity index (χ4n) is 4.99. The van der Waals surface area contributed by atoms with E-state index in [1.807, 2.05) is 67.4 Å². The first-order valence-corrected chi connectivity index (χ1v) is 12.9. The van der Waals surface area contributed by atoms with Crippen molar-refractivity contribution in [2.45, 2.75) is 25.7 Å². The lowest BCUT2D eigenvalue weighted by Crippen LogP contribution is -2.36. The summed E-state index contributed by atoms with van der Waals surface area (Å²) in [6.07, 6.45) is 4.64. The van der Waals surface area contributed by atoms with Crippen LogP contribution in [0.15, 0.2) is 67.5 Å². The summed E-state index contributed by atoms with van der Waals surface area (Å²) >= 11 is 0. The molecule has 196 valence electrons. The molecule has 6 rings (SSSR count). The molecule has 0 atom stereocenters. The Kier molecular flexibility index (Phi) is 6.36. The predicted octanol–water partition coefficient (Wildman–Crippen LogP) is 5.04. The van der Waals surface area contributed by atoms with Crippen LogP contribution in [-0.4, -0.2) is 53.8 Å². The molecule has 0 bridgehead atoms. The molecule has 3 aromatic heterocycles. The number of fused-ring (bicyclic) bond motifs is 2. The quantitative estimate of drug-likeness (QED) is 0.310. The summed E-state index contributed by atoms with van der Waals surface area (Å²) in [6, 6.07) is 15.7. The highest BCUT2D eigenvalue weighted by molar-refractivity contribution is 5.88. The van der Waals surface area contributed by atoms with Gasteiger partial charge in [-0.25, -0.2) is 19.6 Å². The second-order valence-electron chi connectivity index (χ2n) is 9.70. The van der Waals surface area contributed by atoms with Gasteiger partial charge in [0, 0.05) is 43.5 Å². The number of ether oxygens (including phenoxy) is 1. The molecule has 39 heavy (non-hydrogen) atoms. The van der Waals surface area contributed by atoms with Crippen molar-refractivity contribution in [1.82, 2.24) is 34.8 Å². The van der Waals surface area contributed by atoms with Gasteiger partial charge in [-0.3, -0.25) is 4.79 Å². The van der Waals surface area contributed by atoms with E-state index < -0.39 is 0 Å². The fourth-order valence-corrected chi connectivity index (χ4v) is 4.99. The van der Waals surface area contributed by atoms with Crippen LogP contribution in [-0.2, 0) is 11.8 Å². The van der Waals surface area contributed by atoms with Gasteiger partial charge in [-0.15, -0.1) is 5.10 Å². The van der Waals surface area contributed by atoms with Crippen molar-refractivity contribution in [2.24, 2.45) is 7.05 Å². The molecule has 0 unspecified atom stereocenters. The molecule has 0 radical (unpaired) electrons. The third-order valence-electron chi connectivity index (χ3n) is 7.15. The van der Waals surface area contributed by atoms with E-state index in [2.05, 4.69) is 32.2 Å². The van der Waals surface area contributed by atoms with E-state index >= 15 is 0 Å². The lowest BCUT2D eigenvalue weighted by Gasteiger charge is -2.31. The molecule has 10 heteroatoms. The number of anilines is 2. The number of carbonyl (C=O) groups excluding carboxylic acids is 1. The summed E-state index contributed by atoms with van der Waals surface area (Å²) in [5.74, 6) is 2.35. The normalized spacial score (nSPS) is 14.1. The van der Waals surface area contributed by atoms with Crippen molar-refractivity contribution in [3.8, 4) is 11.5 Å². The first-order chi connectivity index (χ1) is 19.0. The summed E-state index contributed by atoms with van der Waals surface area (Å²) in [4.78, 5) is 27.6. The minimum absolute atomic E-state index is 0.0157. The summed E-state index contributed by atoms with van der Waals surface area (Å²) in [6.45, 7) is 6.99. The summed E-state index contributed by atoms with van der Waals surface area (Å²) in [5, 5.41) is 11.6. The number of hydrogen-bond acceptors (Lipinski definition) is 8. The number of hydrogen-bond donors (Lipinski definition) is 1. The van der Waals surface area contributed by atoms with Gasteiger partial charge >= 0.3 is 0 Å². The van der Waals surface area contributed by atoms with Crippen LogP contribution in [0.3, 0.4) is 0 Å². The van der Waals surface area contributed by atoms with Crippen LogP contribution in [0.1, 0.15) is 30.0 Å². The van der Waals surface area contributed by atoms with Gasteiger partial charge in [-0.1, -0.05) is 11.8 Å². The molecule has 1 saturated heterocycles. The van der Waals surface area contributed by atoms with Crippen molar-refractivity contribution in [1.29, 1.82) is 0 Å². The molecule has 0 aliphatic carbocycles. The van der Waals surface area contributed by atoms with E-state index in [4.69, 9.17) is 9.72 Å². The number of nitrogens with one attached hydrogen (secondary N) is 1. The predicted molar refractivity (Wildman–Crippen MR) is 149 cm³/mol. The van der Waals surface area contributed by atoms with Crippen molar-refractivity contribution in [2.75, 3.05) is 18.4 Å². The minimum atomic E-state index is -0.0157. The van der Waals surface area contributed by atoms with Crippen molar-refractivity contribution >= 4 is 39.5 Å². The van der Waals surface area contributed by atoms with E-state index in [9.17, 15) is 4.79 Å². The lowest BCUT2D eigenvalue weighted by molar-refractivity contribution is -0.127. The summed E-state index contributed by atoms with van der Waals surface area (Å²) < 4.78 is 7.87. The number of nitrogens with zero attached hydrogens (tertiary/aromatic N) is 7. The Hall–Kier alpha value is -4.86. The smallest absolute Gasteiger partial charge is 0.245 e. The fraction of sp³-hybridized carbons (Fsp3) is 0.241. The zero-order valence-electron chi connectivity index (χ0n) is 21.8. The number of amides is 1. The average molecular weight is 521 g/mol. The maximum atomic E-state index is 11.9. The molecule has 4 heterocycles. The highest BCUT2D eigenvalue weighted by Crippen LogP contribution is 2.32. The van der Waals surface area contributed by atoms with Crippen LogP contribution >= 0.6 is 0 Å². The van der Waals surface area contributed by atoms with Crippen LogP contribution in [0.5, 0.6) is 11.5 Å². The maximum Gasteiger partial charge on any atom is 0.245 e. The van der Waals surface area contributed by atoms with Crippen LogP contribution in [0.4, 0.5) is 11.5 Å². The lowest BCUT2D eigenvalue weighted by atomic mass is 9.93. The molecule has 0 saturated carbocycles. The largest absolute Gasteiger partial charge is 0.457 e. The molecule has 10 nitrogen and oxygen atoms in total. The molecule has 1 amide bonds. The number of rotatable bonds is 6. The second-order valence-corrected chi connectivity index (χ2v) is 9.70. The molecule has 1 aliphatic rings. The Morgan fingerprint density at radius 2 is 1.92 bits per heavy atom. The van der Waals surface area contributed by atoms with E-state index in [1.165, 1.54) is 6.08 Å². The molecule has 0 spiro atoms. The minimum Gasteiger partial charge on any atom is -0.457 e. The molecular weight excluding hydrogens is 492 g/mol. The number of aromatic nitrogens is 6. The van der Waals surface area contributed by atoms with Gasteiger partial charge in [-0.05, 0) is 73.9 Å². The topological polar surface area (TPSA) is 111 Å². The molecule has 2 aromatic carbocycles. The van der Waals surface area contributed by atoms with E-state index in [0.717, 1.165) is 57.6 Å². The summed E-state index contributed by atoms with van der Waals surface area (Å²) in [5.41, 5.74) is 6.04. The van der Waals surface area contributed by atoms with E-state index in [0.29, 0.717) is 24.7 Å². The number of carbonyl (C=O) groups is 1. The van der Waals surface area contributed by atoms with E-state index in [1.54, 1.807) is 11.0 Å². The van der Waals surface area contributed by atoms with Crippen molar-refractivity contribution < 1.29 is 9.53 Å². The Morgan fingerprint density at radius 1 is 1.08 bits per heavy atom. The van der Waals surface area contributed by atoms with Gasteiger partial charge in [0.25, 0.3) is 0 Å². The van der Waals surface area contributed by atoms with Crippen LogP contribution in [0, 0.1) is 6.92 Å². The highest BCUT2D eigenvalue weighted by atomic mass is 16.5. The summed E-state index contributed by atoms with van der Waals surface area (Å²) in [7, 11) is 1.86. The van der Waals surface area contributed by atoms with Crippen molar-refractivity contribution in [3.63, 3.8) is 0 Å². The zero-order valence-corrected chi connectivity index (χ0v) is 21.8. The van der Waals surface area contributed by atoms with Crippen LogP contribution < -0.4 is 10.1 Å². The Balaban J connectivity index is 1.20. The van der Waals surface area contributed by atoms with Gasteiger partial charge in [0.15, 0.2) is 5.82 Å². The van der Waals surface area contributed by atoms with Crippen molar-refractivity contribution in [3.05, 3.63) is 78.8 Å². The molecule has 1 fully saturated rings. The Labute approximate surface area is 225 Å².